The first-order valence-electron chi connectivity index (χ1n) is 4.34. The Morgan fingerprint density at radius 2 is 2.14 bits per heavy atom. The molecule has 2 N–H and O–H groups in total. The molecule has 0 aliphatic heterocycles. The SMILES string of the molecule is CCSCC(C)NC(=O)NC(=O)CCl. The average molecular weight is 239 g/mol. The normalized spacial score (nSPS) is 11.9. The van der Waals surface area contributed by atoms with Crippen LogP contribution in [0.1, 0.15) is 13.8 Å². The highest BCUT2D eigenvalue weighted by Gasteiger charge is 2.09. The molecule has 82 valence electrons. The van der Waals surface area contributed by atoms with E-state index in [1.54, 1.807) is 11.8 Å². The Bertz CT molecular complexity index is 202. The highest BCUT2D eigenvalue weighted by Crippen LogP contribution is 2.00. The average Bonchev–Trinajstić information content (AvgIpc) is 2.14. The second-order valence-corrected chi connectivity index (χ2v) is 4.30. The van der Waals surface area contributed by atoms with E-state index in [4.69, 9.17) is 11.6 Å². The van der Waals surface area contributed by atoms with Crippen LogP contribution in [0.5, 0.6) is 0 Å². The van der Waals surface area contributed by atoms with Crippen LogP contribution in [0.2, 0.25) is 0 Å². The molecule has 0 saturated heterocycles. The Hall–Kier alpha value is -0.420. The molecule has 0 heterocycles. The number of rotatable bonds is 5. The van der Waals surface area contributed by atoms with Gasteiger partial charge in [0, 0.05) is 11.8 Å². The Morgan fingerprint density at radius 3 is 2.64 bits per heavy atom. The molecule has 0 rings (SSSR count). The summed E-state index contributed by atoms with van der Waals surface area (Å²) in [5, 5.41) is 4.74. The molecule has 0 aromatic rings. The van der Waals surface area contributed by atoms with Crippen LogP contribution in [0, 0.1) is 0 Å². The molecule has 0 saturated carbocycles. The van der Waals surface area contributed by atoms with E-state index in [9.17, 15) is 9.59 Å². The topological polar surface area (TPSA) is 58.2 Å². The maximum absolute atomic E-state index is 11.1. The maximum Gasteiger partial charge on any atom is 0.321 e. The molecule has 0 aliphatic carbocycles. The lowest BCUT2D eigenvalue weighted by Crippen LogP contribution is -2.44. The number of carbonyl (C=O) groups excluding carboxylic acids is 2. The van der Waals surface area contributed by atoms with Crippen LogP contribution in [-0.2, 0) is 4.79 Å². The van der Waals surface area contributed by atoms with Crippen LogP contribution >= 0.6 is 23.4 Å². The molecule has 0 spiro atoms. The zero-order valence-electron chi connectivity index (χ0n) is 8.30. The van der Waals surface area contributed by atoms with Crippen LogP contribution in [0.15, 0.2) is 0 Å². The van der Waals surface area contributed by atoms with Gasteiger partial charge in [-0.15, -0.1) is 11.6 Å². The van der Waals surface area contributed by atoms with Gasteiger partial charge in [-0.25, -0.2) is 4.79 Å². The lowest BCUT2D eigenvalue weighted by atomic mass is 10.4. The first-order chi connectivity index (χ1) is 6.60. The second kappa shape index (κ2) is 7.94. The van der Waals surface area contributed by atoms with E-state index in [1.807, 2.05) is 6.92 Å². The highest BCUT2D eigenvalue weighted by atomic mass is 35.5. The quantitative estimate of drug-likeness (QED) is 0.708. The van der Waals surface area contributed by atoms with Crippen LogP contribution in [0.4, 0.5) is 4.79 Å². The van der Waals surface area contributed by atoms with Gasteiger partial charge in [0.1, 0.15) is 5.88 Å². The lowest BCUT2D eigenvalue weighted by molar-refractivity contribution is -0.117. The van der Waals surface area contributed by atoms with Gasteiger partial charge in [0.05, 0.1) is 0 Å². The number of halogens is 1. The van der Waals surface area contributed by atoms with E-state index in [0.717, 1.165) is 11.5 Å². The van der Waals surface area contributed by atoms with Gasteiger partial charge in [-0.2, -0.15) is 11.8 Å². The van der Waals surface area contributed by atoms with E-state index >= 15 is 0 Å². The fourth-order valence-electron chi connectivity index (χ4n) is 0.756. The number of urea groups is 1. The largest absolute Gasteiger partial charge is 0.335 e. The Kier molecular flexibility index (Phi) is 7.70. The van der Waals surface area contributed by atoms with Crippen LogP contribution < -0.4 is 10.6 Å². The van der Waals surface area contributed by atoms with Crippen molar-refractivity contribution >= 4 is 35.3 Å². The minimum Gasteiger partial charge on any atom is -0.335 e. The molecule has 0 radical (unpaired) electrons. The number of thioether (sulfide) groups is 1. The third-order valence-corrected chi connectivity index (χ3v) is 2.71. The first-order valence-corrected chi connectivity index (χ1v) is 6.03. The predicted molar refractivity (Wildman–Crippen MR) is 59.9 cm³/mol. The molecule has 0 fully saturated rings. The number of nitrogens with one attached hydrogen (secondary N) is 2. The molecule has 1 atom stereocenters. The molecule has 1 unspecified atom stereocenters. The molecular weight excluding hydrogens is 224 g/mol. The third kappa shape index (κ3) is 7.03. The smallest absolute Gasteiger partial charge is 0.321 e. The first kappa shape index (κ1) is 13.6. The zero-order chi connectivity index (χ0) is 11.0. The van der Waals surface area contributed by atoms with E-state index in [-0.39, 0.29) is 11.9 Å². The number of carbonyl (C=O) groups is 2. The van der Waals surface area contributed by atoms with Crippen molar-refractivity contribution in [3.05, 3.63) is 0 Å². The highest BCUT2D eigenvalue weighted by molar-refractivity contribution is 7.99. The molecule has 0 bridgehead atoms. The van der Waals surface area contributed by atoms with Crippen molar-refractivity contribution in [2.24, 2.45) is 0 Å². The van der Waals surface area contributed by atoms with Crippen LogP contribution in [0.25, 0.3) is 0 Å². The standard InChI is InChI=1S/C8H15ClN2O2S/c1-3-14-5-6(2)10-8(13)11-7(12)4-9/h6H,3-5H2,1-2H3,(H2,10,11,12,13). The summed E-state index contributed by atoms with van der Waals surface area (Å²) in [7, 11) is 0. The number of amides is 3. The molecule has 4 nitrogen and oxygen atoms in total. The number of hydrogen-bond donors (Lipinski definition) is 2. The molecule has 14 heavy (non-hydrogen) atoms. The van der Waals surface area contributed by atoms with Gasteiger partial charge in [0.2, 0.25) is 5.91 Å². The Balaban J connectivity index is 3.65. The van der Waals surface area contributed by atoms with E-state index in [1.165, 1.54) is 0 Å². The summed E-state index contributed by atoms with van der Waals surface area (Å²) in [6.45, 7) is 3.93. The van der Waals surface area contributed by atoms with Crippen molar-refractivity contribution in [3.8, 4) is 0 Å². The van der Waals surface area contributed by atoms with Gasteiger partial charge in [-0.3, -0.25) is 10.1 Å². The lowest BCUT2D eigenvalue weighted by Gasteiger charge is -2.12. The van der Waals surface area contributed by atoms with Gasteiger partial charge in [0.25, 0.3) is 0 Å². The predicted octanol–water partition coefficient (Wildman–Crippen LogP) is 1.19. The van der Waals surface area contributed by atoms with Gasteiger partial charge in [0.15, 0.2) is 0 Å². The van der Waals surface area contributed by atoms with Crippen molar-refractivity contribution in [1.82, 2.24) is 10.6 Å². The summed E-state index contributed by atoms with van der Waals surface area (Å²) >= 11 is 6.95. The fourth-order valence-corrected chi connectivity index (χ4v) is 1.50. The van der Waals surface area contributed by atoms with Crippen molar-refractivity contribution in [3.63, 3.8) is 0 Å². The summed E-state index contributed by atoms with van der Waals surface area (Å²) < 4.78 is 0. The number of imide groups is 1. The zero-order valence-corrected chi connectivity index (χ0v) is 9.87. The van der Waals surface area contributed by atoms with Crippen LogP contribution in [-0.4, -0.2) is 35.4 Å². The van der Waals surface area contributed by atoms with Crippen molar-refractivity contribution in [2.75, 3.05) is 17.4 Å². The molecule has 6 heteroatoms. The van der Waals surface area contributed by atoms with E-state index in [0.29, 0.717) is 0 Å². The third-order valence-electron chi connectivity index (χ3n) is 1.32. The Labute approximate surface area is 93.1 Å². The van der Waals surface area contributed by atoms with Gasteiger partial charge in [-0.1, -0.05) is 6.92 Å². The van der Waals surface area contributed by atoms with Gasteiger partial charge >= 0.3 is 6.03 Å². The van der Waals surface area contributed by atoms with Crippen molar-refractivity contribution in [1.29, 1.82) is 0 Å². The summed E-state index contributed by atoms with van der Waals surface area (Å²) in [4.78, 5) is 21.8. The molecule has 0 aliphatic rings. The van der Waals surface area contributed by atoms with Crippen LogP contribution in [0.3, 0.4) is 0 Å². The molecule has 0 aromatic heterocycles. The summed E-state index contributed by atoms with van der Waals surface area (Å²) in [6.07, 6.45) is 0. The fraction of sp³-hybridized carbons (Fsp3) is 0.750. The van der Waals surface area contributed by atoms with Crippen molar-refractivity contribution < 1.29 is 9.59 Å². The van der Waals surface area contributed by atoms with Gasteiger partial charge < -0.3 is 5.32 Å². The number of alkyl halides is 1. The van der Waals surface area contributed by atoms with E-state index in [2.05, 4.69) is 17.6 Å². The Morgan fingerprint density at radius 1 is 1.50 bits per heavy atom. The summed E-state index contributed by atoms with van der Waals surface area (Å²) in [6, 6.07) is -0.442. The number of hydrogen-bond acceptors (Lipinski definition) is 3. The molecule has 3 amide bonds. The molecule has 0 aromatic carbocycles. The molecular formula is C8H15ClN2O2S. The summed E-state index contributed by atoms with van der Waals surface area (Å²) in [5.74, 6) is 1.15. The van der Waals surface area contributed by atoms with Gasteiger partial charge in [-0.05, 0) is 12.7 Å². The van der Waals surface area contributed by atoms with Crippen molar-refractivity contribution in [2.45, 2.75) is 19.9 Å². The minimum atomic E-state index is -0.487. The maximum atomic E-state index is 11.1. The van der Waals surface area contributed by atoms with E-state index < -0.39 is 11.9 Å². The minimum absolute atomic E-state index is 0.0445. The monoisotopic (exact) mass is 238 g/mol. The second-order valence-electron chi connectivity index (χ2n) is 2.72. The summed E-state index contributed by atoms with van der Waals surface area (Å²) in [5.41, 5.74) is 0.